The van der Waals surface area contributed by atoms with E-state index < -0.39 is 5.41 Å². The molecule has 1 fully saturated rings. The van der Waals surface area contributed by atoms with Gasteiger partial charge in [-0.3, -0.25) is 4.79 Å². The maximum atomic E-state index is 12.8. The largest absolute Gasteiger partial charge is 0.386 e. The molecule has 1 aliphatic carbocycles. The molecule has 0 atom stereocenters. The van der Waals surface area contributed by atoms with Crippen molar-refractivity contribution in [2.45, 2.75) is 50.9 Å². The van der Waals surface area contributed by atoms with E-state index in [1.807, 2.05) is 36.4 Å². The number of aliphatic imine (C=N–C) groups is 1. The van der Waals surface area contributed by atoms with Crippen molar-refractivity contribution in [3.05, 3.63) is 77.6 Å². The number of carbonyl (C=O) groups excluding carboxylic acids is 1. The predicted molar refractivity (Wildman–Crippen MR) is 129 cm³/mol. The summed E-state index contributed by atoms with van der Waals surface area (Å²) in [4.78, 5) is 25.2. The van der Waals surface area contributed by atoms with E-state index in [2.05, 4.69) is 47.9 Å². The van der Waals surface area contributed by atoms with E-state index in [4.69, 9.17) is 11.5 Å². The van der Waals surface area contributed by atoms with Crippen LogP contribution >= 0.6 is 0 Å². The van der Waals surface area contributed by atoms with Gasteiger partial charge in [0.05, 0.1) is 5.41 Å². The number of amidine groups is 1. The van der Waals surface area contributed by atoms with Crippen molar-refractivity contribution in [2.75, 3.05) is 5.73 Å². The van der Waals surface area contributed by atoms with Crippen LogP contribution < -0.4 is 11.5 Å². The molecule has 2 aromatic carbocycles. The molecule has 164 valence electrons. The van der Waals surface area contributed by atoms with Gasteiger partial charge in [-0.1, -0.05) is 63.6 Å². The van der Waals surface area contributed by atoms with Gasteiger partial charge in [-0.25, -0.2) is 9.97 Å². The minimum atomic E-state index is -0.392. The number of benzene rings is 2. The quantitative estimate of drug-likeness (QED) is 0.466. The molecule has 1 amide bonds. The molecule has 4 rings (SSSR count). The smallest absolute Gasteiger partial charge is 0.278 e. The number of amides is 1. The number of nitrogens with zero attached hydrogens (tertiary/aromatic N) is 3. The first-order valence-electron chi connectivity index (χ1n) is 10.9. The van der Waals surface area contributed by atoms with Gasteiger partial charge < -0.3 is 11.5 Å². The van der Waals surface area contributed by atoms with Crippen LogP contribution in [0.2, 0.25) is 0 Å². The summed E-state index contributed by atoms with van der Waals surface area (Å²) in [6.07, 6.45) is 6.22. The third-order valence-electron chi connectivity index (χ3n) is 6.36. The van der Waals surface area contributed by atoms with Crippen LogP contribution in [0.15, 0.2) is 65.9 Å². The van der Waals surface area contributed by atoms with Crippen LogP contribution in [-0.4, -0.2) is 21.7 Å². The molecule has 6 heteroatoms. The third-order valence-corrected chi connectivity index (χ3v) is 6.36. The molecule has 1 heterocycles. The minimum absolute atomic E-state index is 0.0322. The zero-order valence-electron chi connectivity index (χ0n) is 18.8. The Morgan fingerprint density at radius 2 is 1.53 bits per heavy atom. The Morgan fingerprint density at radius 3 is 2.03 bits per heavy atom. The molecule has 1 saturated carbocycles. The highest BCUT2D eigenvalue weighted by Gasteiger charge is 2.42. The van der Waals surface area contributed by atoms with Crippen LogP contribution in [0.25, 0.3) is 11.1 Å². The summed E-state index contributed by atoms with van der Waals surface area (Å²) in [5.74, 6) is 0.336. The lowest BCUT2D eigenvalue weighted by atomic mass is 9.63. The van der Waals surface area contributed by atoms with Crippen molar-refractivity contribution >= 4 is 17.7 Å². The van der Waals surface area contributed by atoms with Crippen molar-refractivity contribution in [1.29, 1.82) is 0 Å². The van der Waals surface area contributed by atoms with Gasteiger partial charge in [0.1, 0.15) is 5.84 Å². The Bertz CT molecular complexity index is 1140. The molecule has 1 aliphatic rings. The topological polar surface area (TPSA) is 107 Å². The summed E-state index contributed by atoms with van der Waals surface area (Å²) >= 11 is 0. The number of hydrogen-bond donors (Lipinski definition) is 2. The summed E-state index contributed by atoms with van der Waals surface area (Å²) in [5, 5.41) is 0. The second-order valence-corrected chi connectivity index (χ2v) is 9.47. The fourth-order valence-corrected chi connectivity index (χ4v) is 4.09. The maximum absolute atomic E-state index is 12.8. The van der Waals surface area contributed by atoms with E-state index in [-0.39, 0.29) is 17.3 Å². The molecule has 0 radical (unpaired) electrons. The molecule has 0 unspecified atom stereocenters. The maximum Gasteiger partial charge on any atom is 0.278 e. The average molecular weight is 428 g/mol. The molecule has 0 bridgehead atoms. The van der Waals surface area contributed by atoms with E-state index in [0.29, 0.717) is 11.4 Å². The molecule has 1 aromatic heterocycles. The van der Waals surface area contributed by atoms with Gasteiger partial charge in [0.25, 0.3) is 5.91 Å². The predicted octanol–water partition coefficient (Wildman–Crippen LogP) is 4.64. The molecule has 0 saturated heterocycles. The fourth-order valence-electron chi connectivity index (χ4n) is 4.09. The van der Waals surface area contributed by atoms with Gasteiger partial charge in [-0.2, -0.15) is 4.99 Å². The van der Waals surface area contributed by atoms with E-state index in [1.54, 1.807) is 12.4 Å². The first-order valence-corrected chi connectivity index (χ1v) is 10.9. The number of rotatable bonds is 4. The second-order valence-electron chi connectivity index (χ2n) is 9.47. The zero-order valence-corrected chi connectivity index (χ0v) is 18.8. The van der Waals surface area contributed by atoms with Gasteiger partial charge in [0.2, 0.25) is 5.95 Å². The molecule has 6 nitrogen and oxygen atoms in total. The van der Waals surface area contributed by atoms with Crippen molar-refractivity contribution in [1.82, 2.24) is 9.97 Å². The van der Waals surface area contributed by atoms with Gasteiger partial charge >= 0.3 is 0 Å². The summed E-state index contributed by atoms with van der Waals surface area (Å²) in [7, 11) is 0. The first kappa shape index (κ1) is 21.7. The molecule has 0 spiro atoms. The molecule has 32 heavy (non-hydrogen) atoms. The van der Waals surface area contributed by atoms with Crippen LogP contribution in [0.3, 0.4) is 0 Å². The number of anilines is 1. The van der Waals surface area contributed by atoms with Crippen LogP contribution in [0, 0.1) is 0 Å². The van der Waals surface area contributed by atoms with Gasteiger partial charge in [0, 0.05) is 23.5 Å². The summed E-state index contributed by atoms with van der Waals surface area (Å²) in [5.41, 5.74) is 16.3. The number of nitrogen functional groups attached to an aromatic ring is 1. The highest BCUT2D eigenvalue weighted by atomic mass is 16.1. The Hall–Kier alpha value is -3.54. The highest BCUT2D eigenvalue weighted by Crippen LogP contribution is 2.44. The number of hydrogen-bond acceptors (Lipinski definition) is 4. The standard InChI is InChI=1S/C26H29N5O/c1-25(2,3)20-9-7-18(8-10-20)22(32)31-23(27)26(13-4-14-26)21-11-5-17(6-12-21)19-15-29-24(28)30-16-19/h5-12,15-16H,4,13-14H2,1-3H3,(H2,27,31,32)(H2,28,29,30). The van der Waals surface area contributed by atoms with E-state index in [0.717, 1.165) is 36.0 Å². The Balaban J connectivity index is 1.57. The van der Waals surface area contributed by atoms with Crippen LogP contribution in [0.4, 0.5) is 5.95 Å². The van der Waals surface area contributed by atoms with Crippen molar-refractivity contribution in [3.8, 4) is 11.1 Å². The normalized spacial score (nSPS) is 15.8. The summed E-state index contributed by atoms with van der Waals surface area (Å²) in [6, 6.07) is 15.8. The Kier molecular flexibility index (Phi) is 5.55. The van der Waals surface area contributed by atoms with Crippen LogP contribution in [0.5, 0.6) is 0 Å². The monoisotopic (exact) mass is 427 g/mol. The summed E-state index contributed by atoms with van der Waals surface area (Å²) in [6.45, 7) is 6.43. The Labute approximate surface area is 188 Å². The highest BCUT2D eigenvalue weighted by molar-refractivity contribution is 6.06. The van der Waals surface area contributed by atoms with E-state index in [9.17, 15) is 4.79 Å². The number of nitrogens with two attached hydrogens (primary N) is 2. The van der Waals surface area contributed by atoms with Crippen LogP contribution in [0.1, 0.15) is 61.5 Å². The lowest BCUT2D eigenvalue weighted by Gasteiger charge is -2.41. The lowest BCUT2D eigenvalue weighted by molar-refractivity contribution is 0.100. The molecular formula is C26H29N5O. The molecule has 3 aromatic rings. The Morgan fingerprint density at radius 1 is 0.938 bits per heavy atom. The molecular weight excluding hydrogens is 398 g/mol. The SMILES string of the molecule is CC(C)(C)c1ccc(C(=O)N=C(N)C2(c3ccc(-c4cnc(N)nc4)cc3)CCC2)cc1. The van der Waals surface area contributed by atoms with Gasteiger partial charge in [-0.05, 0) is 47.1 Å². The third kappa shape index (κ3) is 4.13. The van der Waals surface area contributed by atoms with Crippen molar-refractivity contribution in [3.63, 3.8) is 0 Å². The zero-order chi connectivity index (χ0) is 22.9. The van der Waals surface area contributed by atoms with E-state index >= 15 is 0 Å². The van der Waals surface area contributed by atoms with Crippen molar-refractivity contribution < 1.29 is 4.79 Å². The average Bonchev–Trinajstić information content (AvgIpc) is 2.73. The molecule has 0 aliphatic heterocycles. The summed E-state index contributed by atoms with van der Waals surface area (Å²) < 4.78 is 0. The lowest BCUT2D eigenvalue weighted by Crippen LogP contribution is -2.47. The molecule has 4 N–H and O–H groups in total. The minimum Gasteiger partial charge on any atom is -0.386 e. The first-order chi connectivity index (χ1) is 15.2. The van der Waals surface area contributed by atoms with Gasteiger partial charge in [-0.15, -0.1) is 0 Å². The number of carbonyl (C=O) groups is 1. The van der Waals surface area contributed by atoms with Gasteiger partial charge in [0.15, 0.2) is 0 Å². The fraction of sp³-hybridized carbons (Fsp3) is 0.308. The van der Waals surface area contributed by atoms with E-state index in [1.165, 1.54) is 5.56 Å². The number of aromatic nitrogens is 2. The second kappa shape index (κ2) is 8.19. The van der Waals surface area contributed by atoms with Crippen LogP contribution in [-0.2, 0) is 10.8 Å². The van der Waals surface area contributed by atoms with Crippen molar-refractivity contribution in [2.24, 2.45) is 10.7 Å².